The van der Waals surface area contributed by atoms with Gasteiger partial charge in [-0.15, -0.1) is 0 Å². The highest BCUT2D eigenvalue weighted by Gasteiger charge is 2.24. The fourth-order valence-corrected chi connectivity index (χ4v) is 1.23. The third kappa shape index (κ3) is 3.74. The van der Waals surface area contributed by atoms with Crippen molar-refractivity contribution < 1.29 is 14.7 Å². The van der Waals surface area contributed by atoms with Gasteiger partial charge in [-0.2, -0.15) is 0 Å². The maximum Gasteiger partial charge on any atom is 0.317 e. The predicted molar refractivity (Wildman–Crippen MR) is 52.8 cm³/mol. The summed E-state index contributed by atoms with van der Waals surface area (Å²) in [5, 5.41) is 8.67. The van der Waals surface area contributed by atoms with Crippen molar-refractivity contribution in [3.63, 3.8) is 0 Å². The number of carbonyl (C=O) groups is 2. The van der Waals surface area contributed by atoms with Crippen LogP contribution in [0.5, 0.6) is 0 Å². The van der Waals surface area contributed by atoms with Crippen LogP contribution in [0.15, 0.2) is 0 Å². The van der Waals surface area contributed by atoms with E-state index in [1.807, 2.05) is 13.8 Å². The maximum absolute atomic E-state index is 10.9. The van der Waals surface area contributed by atoms with Gasteiger partial charge < -0.3 is 10.8 Å². The number of carboxylic acids is 1. The number of carbonyl (C=O) groups excluding carboxylic acids is 1. The molecule has 0 aromatic heterocycles. The lowest BCUT2D eigenvalue weighted by atomic mass is 10.1. The molecule has 0 saturated carbocycles. The van der Waals surface area contributed by atoms with Gasteiger partial charge in [0.15, 0.2) is 0 Å². The molecule has 5 nitrogen and oxygen atoms in total. The van der Waals surface area contributed by atoms with Crippen molar-refractivity contribution in [2.75, 3.05) is 6.54 Å². The van der Waals surface area contributed by atoms with Crippen molar-refractivity contribution in [2.45, 2.75) is 39.3 Å². The first kappa shape index (κ1) is 12.9. The Morgan fingerprint density at radius 2 is 1.93 bits per heavy atom. The van der Waals surface area contributed by atoms with Crippen molar-refractivity contribution >= 4 is 11.9 Å². The molecule has 0 aromatic rings. The Bertz CT molecular complexity index is 218. The first-order valence-corrected chi connectivity index (χ1v) is 4.67. The van der Waals surface area contributed by atoms with Crippen LogP contribution in [0.25, 0.3) is 0 Å². The number of primary amides is 1. The summed E-state index contributed by atoms with van der Waals surface area (Å²) in [6, 6.07) is -0.505. The maximum atomic E-state index is 10.9. The van der Waals surface area contributed by atoms with E-state index in [2.05, 4.69) is 0 Å². The lowest BCUT2D eigenvalue weighted by Crippen LogP contribution is -2.49. The fourth-order valence-electron chi connectivity index (χ4n) is 1.23. The first-order chi connectivity index (χ1) is 6.40. The Balaban J connectivity index is 4.53. The third-order valence-electron chi connectivity index (χ3n) is 2.38. The quantitative estimate of drug-likeness (QED) is 0.637. The van der Waals surface area contributed by atoms with Gasteiger partial charge in [0.2, 0.25) is 5.91 Å². The highest BCUT2D eigenvalue weighted by Crippen LogP contribution is 2.08. The summed E-state index contributed by atoms with van der Waals surface area (Å²) in [6.07, 6.45) is 0.783. The second-order valence-electron chi connectivity index (χ2n) is 3.40. The standard InChI is InChI=1S/C9H18N2O3/c1-4-6(2)11(5-8(12)13)7(3)9(10)14/h6-7H,4-5H2,1-3H3,(H2,10,14)(H,12,13). The summed E-state index contributed by atoms with van der Waals surface area (Å²) in [7, 11) is 0. The van der Waals surface area contributed by atoms with Gasteiger partial charge in [0.25, 0.3) is 0 Å². The van der Waals surface area contributed by atoms with Gasteiger partial charge in [0, 0.05) is 6.04 Å². The second kappa shape index (κ2) is 5.59. The molecule has 3 N–H and O–H groups in total. The minimum atomic E-state index is -0.946. The van der Waals surface area contributed by atoms with E-state index in [1.54, 1.807) is 11.8 Å². The summed E-state index contributed by atoms with van der Waals surface area (Å²) in [5.41, 5.74) is 5.13. The molecular weight excluding hydrogens is 184 g/mol. The fraction of sp³-hybridized carbons (Fsp3) is 0.778. The monoisotopic (exact) mass is 202 g/mol. The average Bonchev–Trinajstić information content (AvgIpc) is 2.11. The molecule has 0 spiro atoms. The highest BCUT2D eigenvalue weighted by molar-refractivity contribution is 5.80. The zero-order valence-electron chi connectivity index (χ0n) is 8.86. The number of amides is 1. The number of nitrogens with zero attached hydrogens (tertiary/aromatic N) is 1. The molecule has 82 valence electrons. The average molecular weight is 202 g/mol. The molecular formula is C9H18N2O3. The Kier molecular flexibility index (Phi) is 5.15. The van der Waals surface area contributed by atoms with Crippen LogP contribution >= 0.6 is 0 Å². The van der Waals surface area contributed by atoms with Crippen LogP contribution in [-0.4, -0.2) is 40.5 Å². The van der Waals surface area contributed by atoms with E-state index in [9.17, 15) is 9.59 Å². The van der Waals surface area contributed by atoms with E-state index in [0.29, 0.717) is 0 Å². The zero-order chi connectivity index (χ0) is 11.3. The number of nitrogens with two attached hydrogens (primary N) is 1. The smallest absolute Gasteiger partial charge is 0.317 e. The van der Waals surface area contributed by atoms with Crippen molar-refractivity contribution in [3.8, 4) is 0 Å². The van der Waals surface area contributed by atoms with E-state index >= 15 is 0 Å². The second-order valence-corrected chi connectivity index (χ2v) is 3.40. The predicted octanol–water partition coefficient (Wildman–Crippen LogP) is 0.0453. The summed E-state index contributed by atoms with van der Waals surface area (Å²) >= 11 is 0. The Hall–Kier alpha value is -1.10. The topological polar surface area (TPSA) is 83.6 Å². The van der Waals surface area contributed by atoms with E-state index in [-0.39, 0.29) is 12.6 Å². The van der Waals surface area contributed by atoms with Gasteiger partial charge >= 0.3 is 5.97 Å². The number of rotatable bonds is 6. The van der Waals surface area contributed by atoms with Crippen molar-refractivity contribution in [1.29, 1.82) is 0 Å². The van der Waals surface area contributed by atoms with Crippen LogP contribution in [0.4, 0.5) is 0 Å². The highest BCUT2D eigenvalue weighted by atomic mass is 16.4. The van der Waals surface area contributed by atoms with Crippen LogP contribution < -0.4 is 5.73 Å². The lowest BCUT2D eigenvalue weighted by molar-refractivity contribution is -0.140. The van der Waals surface area contributed by atoms with Crippen LogP contribution in [0, 0.1) is 0 Å². The minimum Gasteiger partial charge on any atom is -0.480 e. The third-order valence-corrected chi connectivity index (χ3v) is 2.38. The molecule has 14 heavy (non-hydrogen) atoms. The van der Waals surface area contributed by atoms with E-state index in [1.165, 1.54) is 0 Å². The zero-order valence-corrected chi connectivity index (χ0v) is 8.86. The molecule has 0 aromatic carbocycles. The number of hydrogen-bond donors (Lipinski definition) is 2. The number of aliphatic carboxylic acids is 1. The molecule has 0 fully saturated rings. The van der Waals surface area contributed by atoms with Gasteiger partial charge in [0.1, 0.15) is 0 Å². The van der Waals surface area contributed by atoms with Crippen LogP contribution in [0.2, 0.25) is 0 Å². The molecule has 0 aliphatic heterocycles. The molecule has 0 rings (SSSR count). The molecule has 5 heteroatoms. The van der Waals surface area contributed by atoms with Gasteiger partial charge in [-0.1, -0.05) is 6.92 Å². The minimum absolute atomic E-state index is 0.0357. The van der Waals surface area contributed by atoms with Crippen LogP contribution in [0.1, 0.15) is 27.2 Å². The van der Waals surface area contributed by atoms with Crippen molar-refractivity contribution in [2.24, 2.45) is 5.73 Å². The van der Waals surface area contributed by atoms with Crippen LogP contribution in [-0.2, 0) is 9.59 Å². The molecule has 2 atom stereocenters. The summed E-state index contributed by atoms with van der Waals surface area (Å²) < 4.78 is 0. The first-order valence-electron chi connectivity index (χ1n) is 4.67. The molecule has 2 unspecified atom stereocenters. The van der Waals surface area contributed by atoms with Crippen LogP contribution in [0.3, 0.4) is 0 Å². The SMILES string of the molecule is CCC(C)N(CC(=O)O)C(C)C(N)=O. The molecule has 0 saturated heterocycles. The largest absolute Gasteiger partial charge is 0.480 e. The molecule has 0 radical (unpaired) electrons. The normalized spacial score (nSPS) is 15.1. The van der Waals surface area contributed by atoms with E-state index < -0.39 is 17.9 Å². The van der Waals surface area contributed by atoms with Crippen molar-refractivity contribution in [3.05, 3.63) is 0 Å². The summed E-state index contributed by atoms with van der Waals surface area (Å²) in [5.74, 6) is -1.44. The van der Waals surface area contributed by atoms with Gasteiger partial charge in [-0.3, -0.25) is 14.5 Å². The number of hydrogen-bond acceptors (Lipinski definition) is 3. The summed E-state index contributed by atoms with van der Waals surface area (Å²) in [4.78, 5) is 23.1. The molecule has 0 aliphatic carbocycles. The Morgan fingerprint density at radius 1 is 1.43 bits per heavy atom. The Morgan fingerprint density at radius 3 is 2.21 bits per heavy atom. The Labute approximate surface area is 83.9 Å². The van der Waals surface area contributed by atoms with Gasteiger partial charge in [0.05, 0.1) is 12.6 Å². The molecule has 0 bridgehead atoms. The molecule has 0 aliphatic rings. The molecule has 1 amide bonds. The van der Waals surface area contributed by atoms with E-state index in [0.717, 1.165) is 6.42 Å². The molecule has 0 heterocycles. The number of carboxylic acid groups (broad SMARTS) is 1. The van der Waals surface area contributed by atoms with Crippen molar-refractivity contribution in [1.82, 2.24) is 4.90 Å². The lowest BCUT2D eigenvalue weighted by Gasteiger charge is -2.30. The van der Waals surface area contributed by atoms with Gasteiger partial charge in [-0.25, -0.2) is 0 Å². The van der Waals surface area contributed by atoms with Gasteiger partial charge in [-0.05, 0) is 20.3 Å². The summed E-state index contributed by atoms with van der Waals surface area (Å²) in [6.45, 7) is 5.28. The van der Waals surface area contributed by atoms with E-state index in [4.69, 9.17) is 10.8 Å².